The highest BCUT2D eigenvalue weighted by Crippen LogP contribution is 2.48. The number of allylic oxidation sites excluding steroid dienone is 2. The molecule has 0 aromatic carbocycles. The molecule has 0 spiro atoms. The molecule has 0 bridgehead atoms. The number of rotatable bonds is 0. The molecule has 2 N–H and O–H groups in total. The van der Waals surface area contributed by atoms with Gasteiger partial charge in [-0.3, -0.25) is 0 Å². The van der Waals surface area contributed by atoms with Crippen molar-refractivity contribution in [3.8, 4) is 0 Å². The Morgan fingerprint density at radius 2 is 1.04 bits per heavy atom. The van der Waals surface area contributed by atoms with Crippen LogP contribution in [0.3, 0.4) is 0 Å². The van der Waals surface area contributed by atoms with Crippen molar-refractivity contribution < 1.29 is 0 Å². The van der Waals surface area contributed by atoms with Crippen LogP contribution < -0.4 is 10.6 Å². The number of nitrogens with one attached hydrogen (secondary N) is 2. The van der Waals surface area contributed by atoms with Crippen molar-refractivity contribution in [1.82, 2.24) is 10.6 Å². The van der Waals surface area contributed by atoms with Gasteiger partial charge in [0.25, 0.3) is 0 Å². The highest BCUT2D eigenvalue weighted by Gasteiger charge is 2.43. The normalized spacial score (nSPS) is 50.1. The zero-order valence-electron chi connectivity index (χ0n) is 17.1. The SMILES string of the molecule is C1=C/[C@@H]2[C@H]3CCCC[C@@H]3C[C@@H]2NCCCN[C@H]2C[C@H]3CCCC[C@@H]3[C@@H]2/C=C/1. The lowest BCUT2D eigenvalue weighted by molar-refractivity contribution is 0.247. The van der Waals surface area contributed by atoms with E-state index in [0.29, 0.717) is 0 Å². The van der Waals surface area contributed by atoms with Crippen LogP contribution in [0.15, 0.2) is 24.3 Å². The summed E-state index contributed by atoms with van der Waals surface area (Å²) < 4.78 is 0. The molecule has 1 aliphatic heterocycles. The molecule has 4 aliphatic carbocycles. The molecule has 4 fully saturated rings. The zero-order valence-corrected chi connectivity index (χ0v) is 17.1. The highest BCUT2D eigenvalue weighted by atomic mass is 15.0. The average Bonchev–Trinajstić information content (AvgIpc) is 3.22. The van der Waals surface area contributed by atoms with E-state index in [2.05, 4.69) is 34.9 Å². The standard InChI is InChI=1S/C25H40N2/c1-3-10-20-18(8-1)16-24-22(20)12-5-6-13-23-21-11-4-2-9-19(21)17-25(23)27-15-7-14-26-24/h5-6,12-13,18-27H,1-4,7-11,14-17H2/b12-5+,13-6+/t18-,19-,20+,21+,22-,23+,24+,25+/m1/s1. The quantitative estimate of drug-likeness (QED) is 0.624. The zero-order chi connectivity index (χ0) is 18.1. The number of hydrogen-bond acceptors (Lipinski definition) is 2. The predicted octanol–water partition coefficient (Wildman–Crippen LogP) is 5.07. The van der Waals surface area contributed by atoms with E-state index in [0.717, 1.165) is 47.6 Å². The second kappa shape index (κ2) is 8.41. The van der Waals surface area contributed by atoms with Crippen LogP contribution in [0, 0.1) is 35.5 Å². The second-order valence-electron chi connectivity index (χ2n) is 10.3. The van der Waals surface area contributed by atoms with Crippen molar-refractivity contribution in [3.05, 3.63) is 24.3 Å². The van der Waals surface area contributed by atoms with Gasteiger partial charge in [0.15, 0.2) is 0 Å². The molecule has 1 heterocycles. The Hall–Kier alpha value is -0.600. The third kappa shape index (κ3) is 3.81. The van der Waals surface area contributed by atoms with Crippen molar-refractivity contribution in [2.45, 2.75) is 82.7 Å². The molecular weight excluding hydrogens is 328 g/mol. The minimum atomic E-state index is 0.728. The summed E-state index contributed by atoms with van der Waals surface area (Å²) in [6.07, 6.45) is 26.0. The number of hydrogen-bond donors (Lipinski definition) is 2. The summed E-state index contributed by atoms with van der Waals surface area (Å²) in [4.78, 5) is 0. The third-order valence-electron chi connectivity index (χ3n) is 8.91. The van der Waals surface area contributed by atoms with Crippen molar-refractivity contribution in [2.75, 3.05) is 13.1 Å². The van der Waals surface area contributed by atoms with Crippen LogP contribution in [-0.2, 0) is 0 Å². The van der Waals surface area contributed by atoms with Gasteiger partial charge in [-0.15, -0.1) is 0 Å². The van der Waals surface area contributed by atoms with Gasteiger partial charge in [0.05, 0.1) is 0 Å². The van der Waals surface area contributed by atoms with Crippen LogP contribution in [-0.4, -0.2) is 25.2 Å². The van der Waals surface area contributed by atoms with E-state index < -0.39 is 0 Å². The molecule has 5 aliphatic rings. The van der Waals surface area contributed by atoms with Crippen LogP contribution >= 0.6 is 0 Å². The molecule has 150 valence electrons. The predicted molar refractivity (Wildman–Crippen MR) is 114 cm³/mol. The van der Waals surface area contributed by atoms with Crippen molar-refractivity contribution in [1.29, 1.82) is 0 Å². The minimum absolute atomic E-state index is 0.728. The van der Waals surface area contributed by atoms with Crippen LogP contribution in [0.5, 0.6) is 0 Å². The Bertz CT molecular complexity index is 505. The fraction of sp³-hybridized carbons (Fsp3) is 0.840. The first-order chi connectivity index (χ1) is 13.4. The first-order valence-electron chi connectivity index (χ1n) is 12.2. The van der Waals surface area contributed by atoms with Gasteiger partial charge in [-0.25, -0.2) is 0 Å². The molecule has 0 unspecified atom stereocenters. The van der Waals surface area contributed by atoms with Crippen molar-refractivity contribution in [3.63, 3.8) is 0 Å². The van der Waals surface area contributed by atoms with E-state index in [1.807, 2.05) is 0 Å². The van der Waals surface area contributed by atoms with E-state index in [1.165, 1.54) is 83.7 Å². The van der Waals surface area contributed by atoms with E-state index in [9.17, 15) is 0 Å². The molecular formula is C25H40N2. The molecule has 0 aromatic heterocycles. The molecule has 0 radical (unpaired) electrons. The van der Waals surface area contributed by atoms with Crippen LogP contribution in [0.4, 0.5) is 0 Å². The molecule has 5 rings (SSSR count). The highest BCUT2D eigenvalue weighted by molar-refractivity contribution is 5.15. The summed E-state index contributed by atoms with van der Waals surface area (Å²) in [6, 6.07) is 1.46. The fourth-order valence-corrected chi connectivity index (χ4v) is 7.68. The Kier molecular flexibility index (Phi) is 5.74. The molecule has 27 heavy (non-hydrogen) atoms. The summed E-state index contributed by atoms with van der Waals surface area (Å²) in [5, 5.41) is 7.94. The monoisotopic (exact) mass is 368 g/mol. The lowest BCUT2D eigenvalue weighted by atomic mass is 9.77. The summed E-state index contributed by atoms with van der Waals surface area (Å²) in [7, 11) is 0. The van der Waals surface area contributed by atoms with Crippen LogP contribution in [0.1, 0.15) is 70.6 Å². The Labute approximate surface area is 166 Å². The molecule has 0 saturated heterocycles. The van der Waals surface area contributed by atoms with Crippen LogP contribution in [0.25, 0.3) is 0 Å². The Morgan fingerprint density at radius 3 is 1.56 bits per heavy atom. The van der Waals surface area contributed by atoms with Gasteiger partial charge in [0.1, 0.15) is 0 Å². The largest absolute Gasteiger partial charge is 0.313 e. The number of fused-ring (bicyclic) bond motifs is 6. The van der Waals surface area contributed by atoms with E-state index in [-0.39, 0.29) is 0 Å². The maximum atomic E-state index is 3.97. The lowest BCUT2D eigenvalue weighted by Crippen LogP contribution is -2.37. The smallest absolute Gasteiger partial charge is 0.0135 e. The molecule has 4 saturated carbocycles. The third-order valence-corrected chi connectivity index (χ3v) is 8.91. The van der Waals surface area contributed by atoms with Gasteiger partial charge in [-0.05, 0) is 80.7 Å². The summed E-state index contributed by atoms with van der Waals surface area (Å²) in [5.74, 6) is 5.43. The van der Waals surface area contributed by atoms with E-state index >= 15 is 0 Å². The van der Waals surface area contributed by atoms with E-state index in [4.69, 9.17) is 0 Å². The van der Waals surface area contributed by atoms with Gasteiger partial charge >= 0.3 is 0 Å². The maximum absolute atomic E-state index is 3.97. The summed E-state index contributed by atoms with van der Waals surface area (Å²) in [5.41, 5.74) is 0. The Morgan fingerprint density at radius 1 is 0.556 bits per heavy atom. The van der Waals surface area contributed by atoms with Crippen molar-refractivity contribution in [2.24, 2.45) is 35.5 Å². The van der Waals surface area contributed by atoms with E-state index in [1.54, 1.807) is 0 Å². The average molecular weight is 369 g/mol. The van der Waals surface area contributed by atoms with Gasteiger partial charge in [0.2, 0.25) is 0 Å². The molecule has 2 heteroatoms. The molecule has 2 nitrogen and oxygen atoms in total. The minimum Gasteiger partial charge on any atom is -0.313 e. The second-order valence-corrected chi connectivity index (χ2v) is 10.3. The Balaban J connectivity index is 1.33. The first kappa shape index (κ1) is 18.4. The van der Waals surface area contributed by atoms with Crippen LogP contribution in [0.2, 0.25) is 0 Å². The summed E-state index contributed by atoms with van der Waals surface area (Å²) >= 11 is 0. The molecule has 0 aromatic rings. The fourth-order valence-electron chi connectivity index (χ4n) is 7.68. The topological polar surface area (TPSA) is 24.1 Å². The lowest BCUT2D eigenvalue weighted by Gasteiger charge is -2.28. The van der Waals surface area contributed by atoms with Gasteiger partial charge in [-0.1, -0.05) is 62.8 Å². The summed E-state index contributed by atoms with van der Waals surface area (Å²) in [6.45, 7) is 2.39. The maximum Gasteiger partial charge on any atom is 0.0135 e. The first-order valence-corrected chi connectivity index (χ1v) is 12.2. The van der Waals surface area contributed by atoms with Gasteiger partial charge < -0.3 is 10.6 Å². The van der Waals surface area contributed by atoms with Crippen molar-refractivity contribution >= 4 is 0 Å². The van der Waals surface area contributed by atoms with Gasteiger partial charge in [-0.2, -0.15) is 0 Å². The molecule has 0 amide bonds. The van der Waals surface area contributed by atoms with Gasteiger partial charge in [0, 0.05) is 12.1 Å². The molecule has 8 atom stereocenters.